The van der Waals surface area contributed by atoms with Gasteiger partial charge in [0.1, 0.15) is 13.2 Å². The number of halogens is 1. The Kier molecular flexibility index (Phi) is 4.74. The van der Waals surface area contributed by atoms with Crippen molar-refractivity contribution in [1.29, 1.82) is 0 Å². The largest absolute Gasteiger partial charge is 0.486 e. The summed E-state index contributed by atoms with van der Waals surface area (Å²) in [4.78, 5) is 17.8. The lowest BCUT2D eigenvalue weighted by molar-refractivity contribution is 0.102. The molecule has 0 saturated carbocycles. The first kappa shape index (κ1) is 17.8. The standard InChI is InChI=1S/C21H19BrN2O3/c1-12(2)17-9-14(13-5-3-4-6-16(13)23-17)21(25)24-18-11-20-19(10-15(18)22)26-7-8-27-20/h3-6,9-12H,7-8H2,1-2H3,(H,24,25). The van der Waals surface area contributed by atoms with Gasteiger partial charge in [0.25, 0.3) is 5.91 Å². The highest BCUT2D eigenvalue weighted by Gasteiger charge is 2.19. The molecule has 3 aromatic rings. The van der Waals surface area contributed by atoms with Gasteiger partial charge in [-0.1, -0.05) is 32.0 Å². The predicted molar refractivity (Wildman–Crippen MR) is 109 cm³/mol. The van der Waals surface area contributed by atoms with Crippen LogP contribution in [0.4, 0.5) is 5.69 Å². The maximum atomic E-state index is 13.1. The molecule has 0 aliphatic carbocycles. The Hall–Kier alpha value is -2.60. The minimum Gasteiger partial charge on any atom is -0.486 e. The number of amides is 1. The van der Waals surface area contributed by atoms with E-state index in [9.17, 15) is 4.79 Å². The molecular weight excluding hydrogens is 408 g/mol. The van der Waals surface area contributed by atoms with E-state index in [0.717, 1.165) is 21.1 Å². The highest BCUT2D eigenvalue weighted by Crippen LogP contribution is 2.38. The van der Waals surface area contributed by atoms with Gasteiger partial charge in [-0.05, 0) is 34.0 Å². The second kappa shape index (κ2) is 7.19. The zero-order valence-electron chi connectivity index (χ0n) is 15.1. The van der Waals surface area contributed by atoms with E-state index < -0.39 is 0 Å². The van der Waals surface area contributed by atoms with Crippen molar-refractivity contribution in [3.05, 3.63) is 58.2 Å². The summed E-state index contributed by atoms with van der Waals surface area (Å²) < 4.78 is 11.9. The number of para-hydroxylation sites is 1. The number of nitrogens with one attached hydrogen (secondary N) is 1. The molecule has 5 nitrogen and oxygen atoms in total. The molecule has 0 unspecified atom stereocenters. The first-order chi connectivity index (χ1) is 13.0. The van der Waals surface area contributed by atoms with Crippen molar-refractivity contribution < 1.29 is 14.3 Å². The maximum Gasteiger partial charge on any atom is 0.256 e. The van der Waals surface area contributed by atoms with Crippen LogP contribution in [-0.4, -0.2) is 24.1 Å². The molecule has 1 aliphatic heterocycles. The van der Waals surface area contributed by atoms with Gasteiger partial charge < -0.3 is 14.8 Å². The molecule has 27 heavy (non-hydrogen) atoms. The smallest absolute Gasteiger partial charge is 0.256 e. The summed E-state index contributed by atoms with van der Waals surface area (Å²) in [5, 5.41) is 3.81. The van der Waals surface area contributed by atoms with E-state index in [1.807, 2.05) is 36.4 Å². The van der Waals surface area contributed by atoms with Crippen LogP contribution in [-0.2, 0) is 0 Å². The second-order valence-electron chi connectivity index (χ2n) is 6.70. The van der Waals surface area contributed by atoms with E-state index in [1.54, 1.807) is 6.07 Å². The number of ether oxygens (including phenoxy) is 2. The van der Waals surface area contributed by atoms with E-state index in [-0.39, 0.29) is 11.8 Å². The van der Waals surface area contributed by atoms with Gasteiger partial charge in [0.05, 0.1) is 16.8 Å². The predicted octanol–water partition coefficient (Wildman–Crippen LogP) is 5.14. The number of hydrogen-bond acceptors (Lipinski definition) is 4. The minimum absolute atomic E-state index is 0.187. The fourth-order valence-corrected chi connectivity index (χ4v) is 3.45. The van der Waals surface area contributed by atoms with Gasteiger partial charge >= 0.3 is 0 Å². The van der Waals surface area contributed by atoms with Crippen LogP contribution in [0.3, 0.4) is 0 Å². The summed E-state index contributed by atoms with van der Waals surface area (Å²) in [6, 6.07) is 13.2. The SMILES string of the molecule is CC(C)c1cc(C(=O)Nc2cc3c(cc2Br)OCCO3)c2ccccc2n1. The Morgan fingerprint density at radius 1 is 1.11 bits per heavy atom. The number of fused-ring (bicyclic) bond motifs is 2. The first-order valence-corrected chi connectivity index (χ1v) is 9.62. The summed E-state index contributed by atoms with van der Waals surface area (Å²) in [5.41, 5.74) is 2.94. The van der Waals surface area contributed by atoms with Crippen LogP contribution in [0.1, 0.15) is 35.8 Å². The number of nitrogens with zero attached hydrogens (tertiary/aromatic N) is 1. The first-order valence-electron chi connectivity index (χ1n) is 8.83. The summed E-state index contributed by atoms with van der Waals surface area (Å²) in [7, 11) is 0. The van der Waals surface area contributed by atoms with Gasteiger partial charge in [-0.2, -0.15) is 0 Å². The fraction of sp³-hybridized carbons (Fsp3) is 0.238. The number of pyridine rings is 1. The average molecular weight is 427 g/mol. The van der Waals surface area contributed by atoms with Crippen LogP contribution in [0.5, 0.6) is 11.5 Å². The van der Waals surface area contributed by atoms with Gasteiger partial charge in [-0.15, -0.1) is 0 Å². The molecule has 0 spiro atoms. The quantitative estimate of drug-likeness (QED) is 0.629. The van der Waals surface area contributed by atoms with Gasteiger partial charge in [-0.3, -0.25) is 9.78 Å². The number of carbonyl (C=O) groups is 1. The third kappa shape index (κ3) is 3.49. The van der Waals surface area contributed by atoms with Crippen molar-refractivity contribution in [3.8, 4) is 11.5 Å². The zero-order valence-corrected chi connectivity index (χ0v) is 16.7. The Morgan fingerprint density at radius 3 is 2.56 bits per heavy atom. The average Bonchev–Trinajstić information content (AvgIpc) is 2.67. The van der Waals surface area contributed by atoms with Crippen molar-refractivity contribution in [2.75, 3.05) is 18.5 Å². The molecule has 1 aliphatic rings. The summed E-state index contributed by atoms with van der Waals surface area (Å²) in [6.07, 6.45) is 0. The molecule has 1 aromatic heterocycles. The van der Waals surface area contributed by atoms with Crippen molar-refractivity contribution in [2.24, 2.45) is 0 Å². The molecule has 1 amide bonds. The lowest BCUT2D eigenvalue weighted by Gasteiger charge is -2.20. The zero-order chi connectivity index (χ0) is 19.0. The van der Waals surface area contributed by atoms with E-state index in [2.05, 4.69) is 40.1 Å². The molecule has 0 radical (unpaired) electrons. The van der Waals surface area contributed by atoms with E-state index in [0.29, 0.717) is 36.0 Å². The number of aromatic nitrogens is 1. The highest BCUT2D eigenvalue weighted by atomic mass is 79.9. The highest BCUT2D eigenvalue weighted by molar-refractivity contribution is 9.10. The third-order valence-corrected chi connectivity index (χ3v) is 5.11. The summed E-state index contributed by atoms with van der Waals surface area (Å²) in [5.74, 6) is 1.33. The number of rotatable bonds is 3. The van der Waals surface area contributed by atoms with Crippen LogP contribution < -0.4 is 14.8 Å². The molecule has 0 atom stereocenters. The lowest BCUT2D eigenvalue weighted by atomic mass is 10.0. The molecule has 0 fully saturated rings. The summed E-state index contributed by atoms with van der Waals surface area (Å²) in [6.45, 7) is 5.15. The van der Waals surface area contributed by atoms with Crippen LogP contribution in [0.2, 0.25) is 0 Å². The van der Waals surface area contributed by atoms with Crippen molar-refractivity contribution in [1.82, 2.24) is 4.98 Å². The maximum absolute atomic E-state index is 13.1. The number of hydrogen-bond donors (Lipinski definition) is 1. The van der Waals surface area contributed by atoms with Crippen LogP contribution in [0.15, 0.2) is 46.9 Å². The topological polar surface area (TPSA) is 60.5 Å². The molecular formula is C21H19BrN2O3. The second-order valence-corrected chi connectivity index (χ2v) is 7.55. The number of benzene rings is 2. The van der Waals surface area contributed by atoms with Gasteiger partial charge in [-0.25, -0.2) is 0 Å². The molecule has 0 bridgehead atoms. The van der Waals surface area contributed by atoms with E-state index >= 15 is 0 Å². The van der Waals surface area contributed by atoms with Crippen LogP contribution in [0, 0.1) is 0 Å². The Bertz CT molecular complexity index is 1030. The fourth-order valence-electron chi connectivity index (χ4n) is 3.03. The van der Waals surface area contributed by atoms with Crippen LogP contribution in [0.25, 0.3) is 10.9 Å². The van der Waals surface area contributed by atoms with E-state index in [4.69, 9.17) is 9.47 Å². The van der Waals surface area contributed by atoms with Crippen LogP contribution >= 0.6 is 15.9 Å². The molecule has 2 aromatic carbocycles. The van der Waals surface area contributed by atoms with E-state index in [1.165, 1.54) is 0 Å². The minimum atomic E-state index is -0.187. The van der Waals surface area contributed by atoms with Crippen molar-refractivity contribution in [3.63, 3.8) is 0 Å². The molecule has 0 saturated heterocycles. The Labute approximate surface area is 165 Å². The molecule has 4 rings (SSSR count). The molecule has 1 N–H and O–H groups in total. The summed E-state index contributed by atoms with van der Waals surface area (Å²) >= 11 is 3.50. The van der Waals surface area contributed by atoms with Crippen molar-refractivity contribution in [2.45, 2.75) is 19.8 Å². The molecule has 2 heterocycles. The number of anilines is 1. The number of carbonyl (C=O) groups excluding carboxylic acids is 1. The normalized spacial score (nSPS) is 13.0. The Balaban J connectivity index is 1.73. The van der Waals surface area contributed by atoms with Gasteiger partial charge in [0.15, 0.2) is 11.5 Å². The molecule has 138 valence electrons. The van der Waals surface area contributed by atoms with Gasteiger partial charge in [0.2, 0.25) is 0 Å². The molecule has 6 heteroatoms. The van der Waals surface area contributed by atoms with Crippen molar-refractivity contribution >= 4 is 38.4 Å². The third-order valence-electron chi connectivity index (χ3n) is 4.45. The van der Waals surface area contributed by atoms with Gasteiger partial charge in [0, 0.05) is 27.7 Å². The Morgan fingerprint density at radius 2 is 1.81 bits per heavy atom. The monoisotopic (exact) mass is 426 g/mol. The lowest BCUT2D eigenvalue weighted by Crippen LogP contribution is -2.17.